The van der Waals surface area contributed by atoms with Crippen molar-refractivity contribution in [3.05, 3.63) is 30.5 Å². The molecule has 0 fully saturated rings. The number of benzene rings is 1. The second-order valence-electron chi connectivity index (χ2n) is 5.98. The number of nitrogens with one attached hydrogen (secondary N) is 2. The van der Waals surface area contributed by atoms with Crippen LogP contribution in [0.3, 0.4) is 0 Å². The van der Waals surface area contributed by atoms with Crippen molar-refractivity contribution < 1.29 is 4.74 Å². The number of nitrogens with zero attached hydrogens (tertiary/aromatic N) is 5. The number of rotatable bonds is 7. The standard InChI is InChI=1S/C17H23N7O/c1-23(2)10-9-18-17-21-15(14-11-19-24(3)16(14)22-17)20-12-5-7-13(25-4)8-6-12/h5-8,11H,9-10H2,1-4H3,(H2,18,20,21,22). The number of anilines is 3. The molecular formula is C17H23N7O. The van der Waals surface area contributed by atoms with Gasteiger partial charge in [0.2, 0.25) is 5.95 Å². The van der Waals surface area contributed by atoms with E-state index in [1.807, 2.05) is 45.4 Å². The van der Waals surface area contributed by atoms with E-state index in [0.717, 1.165) is 41.4 Å². The first kappa shape index (κ1) is 17.0. The van der Waals surface area contributed by atoms with E-state index in [9.17, 15) is 0 Å². The van der Waals surface area contributed by atoms with Crippen molar-refractivity contribution in [3.63, 3.8) is 0 Å². The van der Waals surface area contributed by atoms with Gasteiger partial charge in [0.1, 0.15) is 11.6 Å². The van der Waals surface area contributed by atoms with Crippen LogP contribution in [0.2, 0.25) is 0 Å². The van der Waals surface area contributed by atoms with E-state index in [-0.39, 0.29) is 0 Å². The molecule has 0 saturated heterocycles. The van der Waals surface area contributed by atoms with Gasteiger partial charge in [-0.05, 0) is 38.4 Å². The number of methoxy groups -OCH3 is 1. The van der Waals surface area contributed by atoms with Gasteiger partial charge < -0.3 is 20.3 Å². The zero-order chi connectivity index (χ0) is 17.8. The summed E-state index contributed by atoms with van der Waals surface area (Å²) in [6.07, 6.45) is 1.77. The van der Waals surface area contributed by atoms with Crippen molar-refractivity contribution in [2.45, 2.75) is 0 Å². The summed E-state index contributed by atoms with van der Waals surface area (Å²) in [7, 11) is 7.58. The molecule has 0 unspecified atom stereocenters. The molecule has 8 heteroatoms. The molecule has 0 saturated carbocycles. The van der Waals surface area contributed by atoms with Crippen LogP contribution in [0, 0.1) is 0 Å². The van der Waals surface area contributed by atoms with Crippen LogP contribution in [-0.2, 0) is 7.05 Å². The van der Waals surface area contributed by atoms with Gasteiger partial charge in [0.15, 0.2) is 5.65 Å². The van der Waals surface area contributed by atoms with Crippen LogP contribution < -0.4 is 15.4 Å². The zero-order valence-electron chi connectivity index (χ0n) is 14.9. The molecule has 132 valence electrons. The minimum atomic E-state index is 0.578. The van der Waals surface area contributed by atoms with Crippen molar-refractivity contribution in [1.29, 1.82) is 0 Å². The molecule has 8 nitrogen and oxygen atoms in total. The fourth-order valence-electron chi connectivity index (χ4n) is 2.40. The number of hydrogen-bond donors (Lipinski definition) is 2. The third kappa shape index (κ3) is 3.97. The number of aromatic nitrogens is 4. The topological polar surface area (TPSA) is 80.1 Å². The molecule has 2 aromatic heterocycles. The average Bonchev–Trinajstić information content (AvgIpc) is 2.97. The van der Waals surface area contributed by atoms with Crippen molar-refractivity contribution in [3.8, 4) is 5.75 Å². The second-order valence-corrected chi connectivity index (χ2v) is 5.98. The summed E-state index contributed by atoms with van der Waals surface area (Å²) in [5.41, 5.74) is 1.70. The molecule has 0 radical (unpaired) electrons. The molecular weight excluding hydrogens is 318 g/mol. The Labute approximate surface area is 146 Å². The van der Waals surface area contributed by atoms with E-state index >= 15 is 0 Å². The third-order valence-electron chi connectivity index (χ3n) is 3.79. The summed E-state index contributed by atoms with van der Waals surface area (Å²) in [4.78, 5) is 11.3. The number of fused-ring (bicyclic) bond motifs is 1. The highest BCUT2D eigenvalue weighted by Gasteiger charge is 2.12. The summed E-state index contributed by atoms with van der Waals surface area (Å²) in [6, 6.07) is 7.70. The molecule has 0 bridgehead atoms. The Kier molecular flexibility index (Phi) is 4.99. The Hall–Kier alpha value is -2.87. The number of ether oxygens (including phenoxy) is 1. The van der Waals surface area contributed by atoms with Gasteiger partial charge in [-0.15, -0.1) is 0 Å². The van der Waals surface area contributed by atoms with Gasteiger partial charge in [0.25, 0.3) is 0 Å². The number of likely N-dealkylation sites (N-methyl/N-ethyl adjacent to an activating group) is 1. The van der Waals surface area contributed by atoms with Crippen LogP contribution in [-0.4, -0.2) is 58.9 Å². The first-order valence-corrected chi connectivity index (χ1v) is 8.06. The molecule has 0 spiro atoms. The van der Waals surface area contributed by atoms with Gasteiger partial charge in [-0.2, -0.15) is 15.1 Å². The predicted molar refractivity (Wildman–Crippen MR) is 99.6 cm³/mol. The van der Waals surface area contributed by atoms with Crippen LogP contribution in [0.25, 0.3) is 11.0 Å². The molecule has 3 aromatic rings. The molecule has 0 amide bonds. The molecule has 1 aromatic carbocycles. The summed E-state index contributed by atoms with van der Waals surface area (Å²) >= 11 is 0. The van der Waals surface area contributed by atoms with E-state index in [1.54, 1.807) is 18.0 Å². The fraction of sp³-hybridized carbons (Fsp3) is 0.353. The van der Waals surface area contributed by atoms with Crippen LogP contribution in [0.4, 0.5) is 17.5 Å². The quantitative estimate of drug-likeness (QED) is 0.681. The first-order chi connectivity index (χ1) is 12.1. The minimum absolute atomic E-state index is 0.578. The van der Waals surface area contributed by atoms with Crippen LogP contribution in [0.15, 0.2) is 30.5 Å². The normalized spacial score (nSPS) is 11.1. The zero-order valence-corrected chi connectivity index (χ0v) is 14.9. The maximum absolute atomic E-state index is 5.19. The van der Waals surface area contributed by atoms with Gasteiger partial charge >= 0.3 is 0 Å². The highest BCUT2D eigenvalue weighted by atomic mass is 16.5. The lowest BCUT2D eigenvalue weighted by atomic mass is 10.3. The van der Waals surface area contributed by atoms with E-state index < -0.39 is 0 Å². The van der Waals surface area contributed by atoms with Crippen molar-refractivity contribution in [1.82, 2.24) is 24.6 Å². The van der Waals surface area contributed by atoms with Gasteiger partial charge in [-0.3, -0.25) is 4.68 Å². The average molecular weight is 341 g/mol. The molecule has 0 aliphatic carbocycles. The molecule has 2 heterocycles. The van der Waals surface area contributed by atoms with E-state index in [0.29, 0.717) is 5.95 Å². The van der Waals surface area contributed by atoms with Crippen LogP contribution in [0.1, 0.15) is 0 Å². The smallest absolute Gasteiger partial charge is 0.226 e. The second kappa shape index (κ2) is 7.35. The van der Waals surface area contributed by atoms with Crippen LogP contribution >= 0.6 is 0 Å². The lowest BCUT2D eigenvalue weighted by Crippen LogP contribution is -2.21. The summed E-state index contributed by atoms with van der Waals surface area (Å²) < 4.78 is 6.94. The summed E-state index contributed by atoms with van der Waals surface area (Å²) in [5, 5.41) is 11.8. The Morgan fingerprint density at radius 3 is 2.60 bits per heavy atom. The van der Waals surface area contributed by atoms with E-state index in [2.05, 4.69) is 30.6 Å². The minimum Gasteiger partial charge on any atom is -0.497 e. The Balaban J connectivity index is 1.88. The Bertz CT molecular complexity index is 842. The van der Waals surface area contributed by atoms with Gasteiger partial charge in [0, 0.05) is 25.8 Å². The molecule has 0 aliphatic rings. The van der Waals surface area contributed by atoms with Gasteiger partial charge in [-0.1, -0.05) is 0 Å². The number of aryl methyl sites for hydroxylation is 1. The van der Waals surface area contributed by atoms with Gasteiger partial charge in [-0.25, -0.2) is 0 Å². The molecule has 2 N–H and O–H groups in total. The highest BCUT2D eigenvalue weighted by Crippen LogP contribution is 2.25. The number of hydrogen-bond acceptors (Lipinski definition) is 7. The maximum atomic E-state index is 5.19. The highest BCUT2D eigenvalue weighted by molar-refractivity contribution is 5.89. The lowest BCUT2D eigenvalue weighted by Gasteiger charge is -2.12. The molecule has 3 rings (SSSR count). The van der Waals surface area contributed by atoms with Crippen molar-refractivity contribution >= 4 is 28.5 Å². The first-order valence-electron chi connectivity index (χ1n) is 8.06. The largest absolute Gasteiger partial charge is 0.497 e. The summed E-state index contributed by atoms with van der Waals surface area (Å²) in [5.74, 6) is 2.11. The molecule has 0 atom stereocenters. The van der Waals surface area contributed by atoms with Crippen molar-refractivity contribution in [2.75, 3.05) is 44.9 Å². The van der Waals surface area contributed by atoms with Crippen molar-refractivity contribution in [2.24, 2.45) is 7.05 Å². The lowest BCUT2D eigenvalue weighted by molar-refractivity contribution is 0.415. The predicted octanol–water partition coefficient (Wildman–Crippen LogP) is 2.09. The Morgan fingerprint density at radius 2 is 1.92 bits per heavy atom. The summed E-state index contributed by atoms with van der Waals surface area (Å²) in [6.45, 7) is 1.66. The molecule has 0 aliphatic heterocycles. The third-order valence-corrected chi connectivity index (χ3v) is 3.79. The monoisotopic (exact) mass is 341 g/mol. The maximum Gasteiger partial charge on any atom is 0.226 e. The molecule has 25 heavy (non-hydrogen) atoms. The van der Waals surface area contributed by atoms with E-state index in [4.69, 9.17) is 4.74 Å². The fourth-order valence-corrected chi connectivity index (χ4v) is 2.40. The Morgan fingerprint density at radius 1 is 1.16 bits per heavy atom. The van der Waals surface area contributed by atoms with E-state index in [1.165, 1.54) is 0 Å². The van der Waals surface area contributed by atoms with Gasteiger partial charge in [0.05, 0.1) is 18.7 Å². The van der Waals surface area contributed by atoms with Crippen LogP contribution in [0.5, 0.6) is 5.75 Å². The SMILES string of the molecule is COc1ccc(Nc2nc(NCCN(C)C)nc3c2cnn3C)cc1.